The Labute approximate surface area is 109 Å². The smallest absolute Gasteiger partial charge is 0.218 e. The zero-order chi connectivity index (χ0) is 13.2. The molecule has 0 aromatic carbocycles. The minimum Gasteiger partial charge on any atom is -0.478 e. The standard InChI is InChI=1S/C14H23N3O/c1-5-18-13-8-12(16-11(4)17-13)15-9-14(6-7-14)10(2)3/h8,10H,5-7,9H2,1-4H3,(H,15,16,17). The van der Waals surface area contributed by atoms with Crippen LogP contribution >= 0.6 is 0 Å². The third kappa shape index (κ3) is 2.92. The maximum absolute atomic E-state index is 5.43. The van der Waals surface area contributed by atoms with Crippen molar-refractivity contribution in [2.75, 3.05) is 18.5 Å². The van der Waals surface area contributed by atoms with Crippen molar-refractivity contribution in [3.05, 3.63) is 11.9 Å². The first-order chi connectivity index (χ1) is 8.55. The van der Waals surface area contributed by atoms with E-state index in [4.69, 9.17) is 4.74 Å². The van der Waals surface area contributed by atoms with Gasteiger partial charge in [0.15, 0.2) is 0 Å². The second-order valence-corrected chi connectivity index (χ2v) is 5.44. The lowest BCUT2D eigenvalue weighted by Gasteiger charge is -2.20. The van der Waals surface area contributed by atoms with Gasteiger partial charge in [-0.2, -0.15) is 4.98 Å². The van der Waals surface area contributed by atoms with Crippen molar-refractivity contribution in [3.8, 4) is 5.88 Å². The summed E-state index contributed by atoms with van der Waals surface area (Å²) < 4.78 is 5.43. The summed E-state index contributed by atoms with van der Waals surface area (Å²) in [6.07, 6.45) is 2.64. The summed E-state index contributed by atoms with van der Waals surface area (Å²) in [6, 6.07) is 1.88. The van der Waals surface area contributed by atoms with Crippen molar-refractivity contribution in [1.29, 1.82) is 0 Å². The minimum atomic E-state index is 0.477. The summed E-state index contributed by atoms with van der Waals surface area (Å²) in [7, 11) is 0. The molecule has 1 fully saturated rings. The van der Waals surface area contributed by atoms with Crippen LogP contribution in [0.15, 0.2) is 6.07 Å². The Bertz CT molecular complexity index is 414. The number of nitrogens with zero attached hydrogens (tertiary/aromatic N) is 2. The Morgan fingerprint density at radius 1 is 1.39 bits per heavy atom. The molecule has 0 spiro atoms. The highest BCUT2D eigenvalue weighted by Gasteiger charge is 2.44. The number of ether oxygens (including phenoxy) is 1. The van der Waals surface area contributed by atoms with Gasteiger partial charge >= 0.3 is 0 Å². The van der Waals surface area contributed by atoms with Crippen LogP contribution in [0.5, 0.6) is 5.88 Å². The fourth-order valence-electron chi connectivity index (χ4n) is 2.24. The molecule has 0 aliphatic heterocycles. The summed E-state index contributed by atoms with van der Waals surface area (Å²) in [4.78, 5) is 8.65. The first-order valence-electron chi connectivity index (χ1n) is 6.78. The fourth-order valence-corrected chi connectivity index (χ4v) is 2.24. The second-order valence-electron chi connectivity index (χ2n) is 5.44. The normalized spacial score (nSPS) is 16.7. The van der Waals surface area contributed by atoms with Gasteiger partial charge in [0.05, 0.1) is 6.61 Å². The van der Waals surface area contributed by atoms with E-state index < -0.39 is 0 Å². The van der Waals surface area contributed by atoms with Crippen molar-refractivity contribution >= 4 is 5.82 Å². The Morgan fingerprint density at radius 3 is 2.67 bits per heavy atom. The van der Waals surface area contributed by atoms with Gasteiger partial charge in [0.25, 0.3) is 0 Å². The third-order valence-electron chi connectivity index (χ3n) is 3.85. The average molecular weight is 249 g/mol. The summed E-state index contributed by atoms with van der Waals surface area (Å²) in [5, 5.41) is 3.44. The van der Waals surface area contributed by atoms with Gasteiger partial charge in [-0.1, -0.05) is 13.8 Å². The topological polar surface area (TPSA) is 47.0 Å². The van der Waals surface area contributed by atoms with Gasteiger partial charge in [0.1, 0.15) is 11.6 Å². The highest BCUT2D eigenvalue weighted by Crippen LogP contribution is 2.51. The molecule has 1 aromatic rings. The quantitative estimate of drug-likeness (QED) is 0.841. The highest BCUT2D eigenvalue weighted by atomic mass is 16.5. The summed E-state index contributed by atoms with van der Waals surface area (Å²) >= 11 is 0. The van der Waals surface area contributed by atoms with Gasteiger partial charge in [-0.3, -0.25) is 0 Å². The van der Waals surface area contributed by atoms with Crippen LogP contribution < -0.4 is 10.1 Å². The van der Waals surface area contributed by atoms with Gasteiger partial charge in [-0.15, -0.1) is 0 Å². The second kappa shape index (κ2) is 5.12. The van der Waals surface area contributed by atoms with E-state index in [9.17, 15) is 0 Å². The Hall–Kier alpha value is -1.32. The molecule has 100 valence electrons. The van der Waals surface area contributed by atoms with Crippen LogP contribution in [0.4, 0.5) is 5.82 Å². The van der Waals surface area contributed by atoms with Crippen LogP contribution in [0.3, 0.4) is 0 Å². The molecular formula is C14H23N3O. The van der Waals surface area contributed by atoms with Crippen LogP contribution in [-0.2, 0) is 0 Å². The van der Waals surface area contributed by atoms with Crippen LogP contribution in [-0.4, -0.2) is 23.1 Å². The maximum atomic E-state index is 5.43. The molecule has 4 heteroatoms. The lowest BCUT2D eigenvalue weighted by molar-refractivity contribution is 0.325. The van der Waals surface area contributed by atoms with Crippen molar-refractivity contribution in [2.45, 2.75) is 40.5 Å². The first kappa shape index (κ1) is 13.1. The molecule has 18 heavy (non-hydrogen) atoms. The van der Waals surface area contributed by atoms with Crippen LogP contribution in [0.1, 0.15) is 39.4 Å². The first-order valence-corrected chi connectivity index (χ1v) is 6.78. The van der Waals surface area contributed by atoms with Gasteiger partial charge in [0, 0.05) is 12.6 Å². The van der Waals surface area contributed by atoms with Crippen LogP contribution in [0.2, 0.25) is 0 Å². The molecule has 0 radical (unpaired) electrons. The molecule has 0 saturated heterocycles. The Morgan fingerprint density at radius 2 is 2.11 bits per heavy atom. The van der Waals surface area contributed by atoms with Gasteiger partial charge in [0.2, 0.25) is 5.88 Å². The van der Waals surface area contributed by atoms with E-state index in [0.717, 1.165) is 24.1 Å². The highest BCUT2D eigenvalue weighted by molar-refractivity contribution is 5.39. The number of rotatable bonds is 6. The molecule has 2 rings (SSSR count). The van der Waals surface area contributed by atoms with Gasteiger partial charge < -0.3 is 10.1 Å². The molecule has 1 aromatic heterocycles. The van der Waals surface area contributed by atoms with Crippen LogP contribution in [0, 0.1) is 18.3 Å². The molecule has 1 N–H and O–H groups in total. The molecule has 0 amide bonds. The molecule has 1 aliphatic carbocycles. The molecule has 1 aliphatic rings. The number of hydrogen-bond donors (Lipinski definition) is 1. The van der Waals surface area contributed by atoms with Crippen LogP contribution in [0.25, 0.3) is 0 Å². The van der Waals surface area contributed by atoms with Gasteiger partial charge in [-0.05, 0) is 38.0 Å². The average Bonchev–Trinajstić information content (AvgIpc) is 3.07. The predicted molar refractivity (Wildman–Crippen MR) is 72.9 cm³/mol. The van der Waals surface area contributed by atoms with E-state index in [1.54, 1.807) is 0 Å². The predicted octanol–water partition coefficient (Wildman–Crippen LogP) is 3.03. The summed E-state index contributed by atoms with van der Waals surface area (Å²) in [5.41, 5.74) is 0.477. The number of hydrogen-bond acceptors (Lipinski definition) is 4. The number of nitrogens with one attached hydrogen (secondary N) is 1. The Balaban J connectivity index is 2.01. The lowest BCUT2D eigenvalue weighted by atomic mass is 9.92. The van der Waals surface area contributed by atoms with E-state index in [-0.39, 0.29) is 0 Å². The molecule has 4 nitrogen and oxygen atoms in total. The lowest BCUT2D eigenvalue weighted by Crippen LogP contribution is -2.21. The van der Waals surface area contributed by atoms with E-state index in [1.165, 1.54) is 12.8 Å². The van der Waals surface area contributed by atoms with E-state index in [0.29, 0.717) is 17.9 Å². The minimum absolute atomic E-state index is 0.477. The molecule has 1 saturated carbocycles. The maximum Gasteiger partial charge on any atom is 0.218 e. The summed E-state index contributed by atoms with van der Waals surface area (Å²) in [5.74, 6) is 3.00. The van der Waals surface area contributed by atoms with Gasteiger partial charge in [-0.25, -0.2) is 4.98 Å². The van der Waals surface area contributed by atoms with Crippen molar-refractivity contribution < 1.29 is 4.74 Å². The summed E-state index contributed by atoms with van der Waals surface area (Å²) in [6.45, 7) is 10.1. The zero-order valence-electron chi connectivity index (χ0n) is 11.8. The molecule has 0 atom stereocenters. The SMILES string of the molecule is CCOc1cc(NCC2(C(C)C)CC2)nc(C)n1. The van der Waals surface area contributed by atoms with Crippen molar-refractivity contribution in [3.63, 3.8) is 0 Å². The molecule has 1 heterocycles. The largest absolute Gasteiger partial charge is 0.478 e. The van der Waals surface area contributed by atoms with E-state index in [1.807, 2.05) is 19.9 Å². The molecule has 0 unspecified atom stereocenters. The fraction of sp³-hybridized carbons (Fsp3) is 0.714. The van der Waals surface area contributed by atoms with E-state index in [2.05, 4.69) is 29.1 Å². The number of anilines is 1. The third-order valence-corrected chi connectivity index (χ3v) is 3.85. The Kier molecular flexibility index (Phi) is 3.73. The zero-order valence-corrected chi connectivity index (χ0v) is 11.8. The molecular weight excluding hydrogens is 226 g/mol. The monoisotopic (exact) mass is 249 g/mol. The van der Waals surface area contributed by atoms with Crippen molar-refractivity contribution in [1.82, 2.24) is 9.97 Å². The number of aromatic nitrogens is 2. The van der Waals surface area contributed by atoms with Crippen molar-refractivity contribution in [2.24, 2.45) is 11.3 Å². The van der Waals surface area contributed by atoms with E-state index >= 15 is 0 Å². The number of aryl methyl sites for hydroxylation is 1. The molecule has 0 bridgehead atoms.